The molecule has 0 radical (unpaired) electrons. The fourth-order valence-electron chi connectivity index (χ4n) is 3.34. The number of nitrogens with zero attached hydrogens (tertiary/aromatic N) is 3. The van der Waals surface area contributed by atoms with Crippen molar-refractivity contribution < 1.29 is 4.79 Å². The Bertz CT molecular complexity index is 670. The predicted molar refractivity (Wildman–Crippen MR) is 102 cm³/mol. The van der Waals surface area contributed by atoms with E-state index in [0.717, 1.165) is 37.4 Å². The van der Waals surface area contributed by atoms with Crippen LogP contribution in [-0.4, -0.2) is 58.5 Å². The third-order valence-electron chi connectivity index (χ3n) is 4.97. The van der Waals surface area contributed by atoms with E-state index in [1.807, 2.05) is 18.3 Å². The molecule has 1 fully saturated rings. The van der Waals surface area contributed by atoms with Crippen LogP contribution < -0.4 is 10.6 Å². The molecule has 7 nitrogen and oxygen atoms in total. The first-order valence-corrected chi connectivity index (χ1v) is 9.38. The number of imidazole rings is 1. The van der Waals surface area contributed by atoms with Gasteiger partial charge in [-0.05, 0) is 45.0 Å². The summed E-state index contributed by atoms with van der Waals surface area (Å²) in [6.07, 6.45) is 10.8. The summed E-state index contributed by atoms with van der Waals surface area (Å²) in [6, 6.07) is 4.24. The number of H-pyrrole nitrogens is 1. The fourth-order valence-corrected chi connectivity index (χ4v) is 3.34. The minimum absolute atomic E-state index is 0.0556. The number of hydrogen-bond acceptors (Lipinski definition) is 5. The van der Waals surface area contributed by atoms with Crippen molar-refractivity contribution in [3.63, 3.8) is 0 Å². The minimum Gasteiger partial charge on any atom is -0.370 e. The summed E-state index contributed by atoms with van der Waals surface area (Å²) >= 11 is 0. The average Bonchev–Trinajstić information content (AvgIpc) is 3.17. The van der Waals surface area contributed by atoms with Crippen LogP contribution in [0.1, 0.15) is 41.7 Å². The van der Waals surface area contributed by atoms with Gasteiger partial charge in [-0.2, -0.15) is 0 Å². The number of amides is 1. The molecule has 0 saturated carbocycles. The van der Waals surface area contributed by atoms with Gasteiger partial charge in [-0.15, -0.1) is 0 Å². The second kappa shape index (κ2) is 9.33. The lowest BCUT2D eigenvalue weighted by molar-refractivity contribution is 0.0945. The van der Waals surface area contributed by atoms with Gasteiger partial charge in [0.25, 0.3) is 5.91 Å². The molecule has 26 heavy (non-hydrogen) atoms. The van der Waals surface area contributed by atoms with Crippen molar-refractivity contribution in [3.05, 3.63) is 42.1 Å². The Kier molecular flexibility index (Phi) is 6.60. The Morgan fingerprint density at radius 2 is 2.23 bits per heavy atom. The number of hydrogen-bond donors (Lipinski definition) is 3. The number of rotatable bonds is 8. The van der Waals surface area contributed by atoms with Crippen LogP contribution in [0.2, 0.25) is 0 Å². The number of aromatic nitrogens is 3. The number of anilines is 1. The number of likely N-dealkylation sites (tertiary alicyclic amines) is 1. The molecule has 1 aliphatic rings. The van der Waals surface area contributed by atoms with Gasteiger partial charge in [-0.25, -0.2) is 9.97 Å². The zero-order chi connectivity index (χ0) is 18.2. The quantitative estimate of drug-likeness (QED) is 0.674. The largest absolute Gasteiger partial charge is 0.370 e. The van der Waals surface area contributed by atoms with Gasteiger partial charge in [-0.1, -0.05) is 6.42 Å². The van der Waals surface area contributed by atoms with Crippen molar-refractivity contribution in [1.29, 1.82) is 0 Å². The summed E-state index contributed by atoms with van der Waals surface area (Å²) in [4.78, 5) is 26.0. The lowest BCUT2D eigenvalue weighted by Gasteiger charge is -2.32. The molecule has 3 rings (SSSR count). The first-order valence-electron chi connectivity index (χ1n) is 9.38. The molecule has 1 amide bonds. The molecule has 2 aromatic rings. The number of piperidine rings is 1. The van der Waals surface area contributed by atoms with Crippen molar-refractivity contribution in [1.82, 2.24) is 25.2 Å². The van der Waals surface area contributed by atoms with Crippen molar-refractivity contribution in [3.8, 4) is 0 Å². The van der Waals surface area contributed by atoms with Crippen molar-refractivity contribution >= 4 is 11.7 Å². The summed E-state index contributed by atoms with van der Waals surface area (Å²) in [7, 11) is 2.17. The highest BCUT2D eigenvalue weighted by Crippen LogP contribution is 2.17. The lowest BCUT2D eigenvalue weighted by atomic mass is 10.0. The molecule has 140 valence electrons. The Hall–Kier alpha value is -2.41. The molecule has 3 heterocycles. The van der Waals surface area contributed by atoms with Crippen LogP contribution in [0.15, 0.2) is 30.9 Å². The molecule has 1 atom stereocenters. The maximum absolute atomic E-state index is 12.3. The molecule has 0 aliphatic carbocycles. The van der Waals surface area contributed by atoms with Gasteiger partial charge in [0, 0.05) is 43.6 Å². The van der Waals surface area contributed by atoms with E-state index in [0.29, 0.717) is 18.2 Å². The van der Waals surface area contributed by atoms with Crippen LogP contribution in [0.5, 0.6) is 0 Å². The van der Waals surface area contributed by atoms with Gasteiger partial charge in [0.1, 0.15) is 5.82 Å². The smallest absolute Gasteiger partial charge is 0.252 e. The highest BCUT2D eigenvalue weighted by atomic mass is 16.1. The van der Waals surface area contributed by atoms with E-state index in [-0.39, 0.29) is 5.91 Å². The zero-order valence-electron chi connectivity index (χ0n) is 15.4. The molecule has 1 saturated heterocycles. The number of pyridine rings is 1. The van der Waals surface area contributed by atoms with Crippen LogP contribution >= 0.6 is 0 Å². The number of carbonyl (C=O) groups is 1. The third kappa shape index (κ3) is 5.29. The second-order valence-corrected chi connectivity index (χ2v) is 6.86. The van der Waals surface area contributed by atoms with Crippen molar-refractivity contribution in [2.24, 2.45) is 0 Å². The molecule has 1 aliphatic heterocycles. The van der Waals surface area contributed by atoms with Gasteiger partial charge >= 0.3 is 0 Å². The van der Waals surface area contributed by atoms with Crippen LogP contribution in [0, 0.1) is 0 Å². The first kappa shape index (κ1) is 18.4. The molecular formula is C19H28N6O. The van der Waals surface area contributed by atoms with Crippen LogP contribution in [0.3, 0.4) is 0 Å². The Labute approximate surface area is 154 Å². The minimum atomic E-state index is -0.0556. The molecule has 0 aromatic carbocycles. The lowest BCUT2D eigenvalue weighted by Crippen LogP contribution is -2.39. The molecular weight excluding hydrogens is 328 g/mol. The van der Waals surface area contributed by atoms with E-state index in [1.54, 1.807) is 12.5 Å². The zero-order valence-corrected chi connectivity index (χ0v) is 15.4. The summed E-state index contributed by atoms with van der Waals surface area (Å²) in [6.45, 7) is 2.63. The van der Waals surface area contributed by atoms with E-state index >= 15 is 0 Å². The van der Waals surface area contributed by atoms with E-state index < -0.39 is 0 Å². The topological polar surface area (TPSA) is 85.9 Å². The standard InChI is InChI=1S/C19H28N6O/c1-25-11-3-2-4-17(25)8-10-22-19(26)15-5-6-18(23-12-15)21-9-7-16-13-20-14-24-16/h5-6,12-14,17H,2-4,7-11H2,1H3,(H,20,24)(H,21,23)(H,22,26). The maximum Gasteiger partial charge on any atom is 0.252 e. The van der Waals surface area contributed by atoms with Gasteiger partial charge in [-0.3, -0.25) is 4.79 Å². The summed E-state index contributed by atoms with van der Waals surface area (Å²) in [5.41, 5.74) is 1.68. The average molecular weight is 356 g/mol. The highest BCUT2D eigenvalue weighted by molar-refractivity contribution is 5.94. The SMILES string of the molecule is CN1CCCCC1CCNC(=O)c1ccc(NCCc2cnc[nH]2)nc1. The normalized spacial score (nSPS) is 17.8. The molecule has 7 heteroatoms. The van der Waals surface area contributed by atoms with E-state index in [9.17, 15) is 4.79 Å². The van der Waals surface area contributed by atoms with E-state index in [4.69, 9.17) is 0 Å². The number of aromatic amines is 1. The highest BCUT2D eigenvalue weighted by Gasteiger charge is 2.18. The van der Waals surface area contributed by atoms with Gasteiger partial charge in [0.15, 0.2) is 0 Å². The second-order valence-electron chi connectivity index (χ2n) is 6.86. The van der Waals surface area contributed by atoms with Crippen LogP contribution in [0.4, 0.5) is 5.82 Å². The molecule has 1 unspecified atom stereocenters. The predicted octanol–water partition coefficient (Wildman–Crippen LogP) is 2.06. The van der Waals surface area contributed by atoms with E-state index in [1.165, 1.54) is 19.3 Å². The van der Waals surface area contributed by atoms with Crippen LogP contribution in [-0.2, 0) is 6.42 Å². The van der Waals surface area contributed by atoms with Gasteiger partial charge in [0.05, 0.1) is 11.9 Å². The number of carbonyl (C=O) groups excluding carboxylic acids is 1. The third-order valence-corrected chi connectivity index (χ3v) is 4.97. The maximum atomic E-state index is 12.3. The van der Waals surface area contributed by atoms with Gasteiger partial charge < -0.3 is 20.5 Å². The van der Waals surface area contributed by atoms with Crippen molar-refractivity contribution in [2.75, 3.05) is 32.0 Å². The molecule has 3 N–H and O–H groups in total. The van der Waals surface area contributed by atoms with Crippen molar-refractivity contribution in [2.45, 2.75) is 38.1 Å². The first-order chi connectivity index (χ1) is 12.7. The monoisotopic (exact) mass is 356 g/mol. The molecule has 0 spiro atoms. The van der Waals surface area contributed by atoms with Gasteiger partial charge in [0.2, 0.25) is 0 Å². The van der Waals surface area contributed by atoms with E-state index in [2.05, 4.69) is 37.5 Å². The molecule has 2 aromatic heterocycles. The Balaban J connectivity index is 1.38. The summed E-state index contributed by atoms with van der Waals surface area (Å²) in [5, 5.41) is 6.25. The Morgan fingerprint density at radius 1 is 1.31 bits per heavy atom. The Morgan fingerprint density at radius 3 is 2.96 bits per heavy atom. The summed E-state index contributed by atoms with van der Waals surface area (Å²) in [5.74, 6) is 0.713. The number of nitrogens with one attached hydrogen (secondary N) is 3. The summed E-state index contributed by atoms with van der Waals surface area (Å²) < 4.78 is 0. The van der Waals surface area contributed by atoms with Crippen LogP contribution in [0.25, 0.3) is 0 Å². The molecule has 0 bridgehead atoms. The fraction of sp³-hybridized carbons (Fsp3) is 0.526.